The number of hydrogen-bond donors (Lipinski definition) is 2. The van der Waals surface area contributed by atoms with E-state index in [1.807, 2.05) is 72.8 Å². The third kappa shape index (κ3) is 6.81. The molecule has 2 aromatic carbocycles. The van der Waals surface area contributed by atoms with Crippen molar-refractivity contribution in [1.29, 1.82) is 0 Å². The van der Waals surface area contributed by atoms with Crippen molar-refractivity contribution in [2.75, 3.05) is 19.7 Å². The SMILES string of the molecule is CCCCCN1C/C=C\CCC(=O)N[C@H](C)[C@@H](c2ccccc2)OC(=O)[C@@H]2[C@@H]3C=C[C@]4(O3)[C@H](C1=O)N([C@@H](CO)Cc1ccccc1)C(=O)[C@@H]24. The minimum absolute atomic E-state index is 0.183. The molecule has 6 rings (SSSR count). The summed E-state index contributed by atoms with van der Waals surface area (Å²) in [6.07, 6.45) is 9.43. The van der Waals surface area contributed by atoms with E-state index >= 15 is 0 Å². The van der Waals surface area contributed by atoms with Gasteiger partial charge < -0.3 is 29.7 Å². The normalized spacial score (nSPS) is 31.4. The first-order chi connectivity index (χ1) is 23.8. The number of hydrogen-bond acceptors (Lipinski definition) is 7. The number of cyclic esters (lactones) is 1. The molecule has 2 saturated heterocycles. The summed E-state index contributed by atoms with van der Waals surface area (Å²) in [5.74, 6) is -3.57. The van der Waals surface area contributed by atoms with E-state index in [4.69, 9.17) is 9.47 Å². The van der Waals surface area contributed by atoms with Crippen LogP contribution in [-0.4, -0.2) is 88.1 Å². The highest BCUT2D eigenvalue weighted by atomic mass is 16.6. The van der Waals surface area contributed by atoms with Crippen molar-refractivity contribution in [1.82, 2.24) is 15.1 Å². The zero-order valence-corrected chi connectivity index (χ0v) is 28.3. The number of amides is 3. The fourth-order valence-electron chi connectivity index (χ4n) is 7.95. The first-order valence-corrected chi connectivity index (χ1v) is 17.6. The van der Waals surface area contributed by atoms with E-state index in [0.717, 1.165) is 24.8 Å². The summed E-state index contributed by atoms with van der Waals surface area (Å²) >= 11 is 0. The molecule has 8 atom stereocenters. The average Bonchev–Trinajstić information content (AvgIpc) is 3.76. The molecule has 5 bridgehead atoms. The van der Waals surface area contributed by atoms with E-state index in [1.54, 1.807) is 24.0 Å². The van der Waals surface area contributed by atoms with Crippen molar-refractivity contribution in [2.24, 2.45) is 11.8 Å². The molecule has 2 fully saturated rings. The predicted octanol–water partition coefficient (Wildman–Crippen LogP) is 3.90. The van der Waals surface area contributed by atoms with Crippen LogP contribution in [0.25, 0.3) is 0 Å². The zero-order valence-electron chi connectivity index (χ0n) is 28.3. The summed E-state index contributed by atoms with van der Waals surface area (Å²) < 4.78 is 12.8. The summed E-state index contributed by atoms with van der Waals surface area (Å²) in [6, 6.07) is 16.4. The number of nitrogens with one attached hydrogen (secondary N) is 1. The largest absolute Gasteiger partial charge is 0.455 e. The minimum atomic E-state index is -1.41. The number of carbonyl (C=O) groups is 4. The highest BCUT2D eigenvalue weighted by Crippen LogP contribution is 2.56. The van der Waals surface area contributed by atoms with Gasteiger partial charge in [0.05, 0.1) is 30.7 Å². The Morgan fingerprint density at radius 2 is 1.71 bits per heavy atom. The Morgan fingerprint density at radius 1 is 0.980 bits per heavy atom. The molecule has 4 aliphatic rings. The number of aliphatic hydroxyl groups is 1. The first-order valence-electron chi connectivity index (χ1n) is 17.6. The van der Waals surface area contributed by atoms with Crippen LogP contribution in [0.5, 0.6) is 0 Å². The Labute approximate surface area is 288 Å². The summed E-state index contributed by atoms with van der Waals surface area (Å²) in [5, 5.41) is 13.8. The second-order valence-electron chi connectivity index (χ2n) is 13.6. The molecule has 10 nitrogen and oxygen atoms in total. The van der Waals surface area contributed by atoms with Gasteiger partial charge in [0.2, 0.25) is 17.7 Å². The van der Waals surface area contributed by atoms with Crippen LogP contribution in [0.2, 0.25) is 0 Å². The summed E-state index contributed by atoms with van der Waals surface area (Å²) in [6.45, 7) is 4.27. The number of allylic oxidation sites excluding steroid dienone is 1. The van der Waals surface area contributed by atoms with Gasteiger partial charge in [-0.1, -0.05) is 105 Å². The zero-order chi connectivity index (χ0) is 34.5. The molecule has 2 N–H and O–H groups in total. The summed E-state index contributed by atoms with van der Waals surface area (Å²) in [5.41, 5.74) is 0.204. The Kier molecular flexibility index (Phi) is 10.6. The third-order valence-corrected chi connectivity index (χ3v) is 10.3. The molecule has 49 heavy (non-hydrogen) atoms. The van der Waals surface area contributed by atoms with Crippen LogP contribution in [-0.2, 0) is 35.1 Å². The molecule has 260 valence electrons. The molecule has 4 aliphatic heterocycles. The number of nitrogens with zero attached hydrogens (tertiary/aromatic N) is 2. The van der Waals surface area contributed by atoms with Crippen molar-refractivity contribution in [2.45, 2.75) is 88.3 Å². The van der Waals surface area contributed by atoms with E-state index in [9.17, 15) is 24.3 Å². The number of ether oxygens (including phenoxy) is 2. The maximum absolute atomic E-state index is 14.9. The monoisotopic (exact) mass is 669 g/mol. The Bertz CT molecular complexity index is 1560. The van der Waals surface area contributed by atoms with Crippen molar-refractivity contribution < 1.29 is 33.8 Å². The Morgan fingerprint density at radius 3 is 2.43 bits per heavy atom. The van der Waals surface area contributed by atoms with Crippen LogP contribution >= 0.6 is 0 Å². The van der Waals surface area contributed by atoms with Gasteiger partial charge in [0.1, 0.15) is 23.7 Å². The maximum Gasteiger partial charge on any atom is 0.313 e. The lowest BCUT2D eigenvalue weighted by atomic mass is 9.74. The van der Waals surface area contributed by atoms with E-state index in [1.165, 1.54) is 4.90 Å². The molecule has 0 aliphatic carbocycles. The molecule has 2 aromatic rings. The lowest BCUT2D eigenvalue weighted by molar-refractivity contribution is -0.162. The molecular weight excluding hydrogens is 622 g/mol. The van der Waals surface area contributed by atoms with Crippen LogP contribution in [0.15, 0.2) is 85.0 Å². The minimum Gasteiger partial charge on any atom is -0.455 e. The fraction of sp³-hybridized carbons (Fsp3) is 0.487. The Balaban J connectivity index is 1.43. The standard InChI is InChI=1S/C39H47N3O7/c1-3-4-13-22-41-23-14-7-12-19-31(44)40-26(2)34(28-17-10-6-11-18-28)48-38(47)32-30-20-21-39(49-30)33(32)36(45)42(35(39)37(41)46)29(25-43)24-27-15-8-5-9-16-27/h5-11,14-18,20-21,26,29-30,32-35,43H,3-4,12-13,19,22-25H2,1-2H3,(H,40,44)/b14-7-/t26-,29-,30+,32-,33-,34+,35+,39-/m1/s1. The van der Waals surface area contributed by atoms with Crippen molar-refractivity contribution >= 4 is 23.7 Å². The summed E-state index contributed by atoms with van der Waals surface area (Å²) in [7, 11) is 0. The van der Waals surface area contributed by atoms with Crippen molar-refractivity contribution in [3.8, 4) is 0 Å². The average molecular weight is 670 g/mol. The number of unbranched alkanes of at least 4 members (excludes halogenated alkanes) is 2. The number of esters is 1. The smallest absolute Gasteiger partial charge is 0.313 e. The van der Waals surface area contributed by atoms with Crippen LogP contribution < -0.4 is 5.32 Å². The maximum atomic E-state index is 14.9. The van der Waals surface area contributed by atoms with Crippen LogP contribution in [0.1, 0.15) is 63.2 Å². The number of benzene rings is 2. The van der Waals surface area contributed by atoms with Crippen LogP contribution in [0.4, 0.5) is 0 Å². The quantitative estimate of drug-likeness (QED) is 0.236. The van der Waals surface area contributed by atoms with Gasteiger partial charge in [-0.25, -0.2) is 0 Å². The molecule has 1 spiro atoms. The van der Waals surface area contributed by atoms with Crippen molar-refractivity contribution in [3.63, 3.8) is 0 Å². The second-order valence-corrected chi connectivity index (χ2v) is 13.6. The van der Waals surface area contributed by atoms with Gasteiger partial charge in [-0.05, 0) is 37.3 Å². The molecule has 0 radical (unpaired) electrons. The van der Waals surface area contributed by atoms with E-state index in [-0.39, 0.29) is 31.4 Å². The fourth-order valence-corrected chi connectivity index (χ4v) is 7.95. The molecule has 0 saturated carbocycles. The van der Waals surface area contributed by atoms with Gasteiger partial charge in [-0.3, -0.25) is 19.2 Å². The van der Waals surface area contributed by atoms with Gasteiger partial charge in [0, 0.05) is 19.5 Å². The summed E-state index contributed by atoms with van der Waals surface area (Å²) in [4.78, 5) is 60.2. The molecule has 10 heteroatoms. The molecule has 4 heterocycles. The molecule has 0 unspecified atom stereocenters. The second kappa shape index (κ2) is 15.1. The molecule has 0 aromatic heterocycles. The predicted molar refractivity (Wildman–Crippen MR) is 183 cm³/mol. The Hall–Kier alpha value is -4.28. The molecule has 3 amide bonds. The van der Waals surface area contributed by atoms with Crippen LogP contribution in [0.3, 0.4) is 0 Å². The number of fused-ring (bicyclic) bond motifs is 2. The van der Waals surface area contributed by atoms with E-state index in [0.29, 0.717) is 24.9 Å². The lowest BCUT2D eigenvalue weighted by Gasteiger charge is -2.39. The van der Waals surface area contributed by atoms with E-state index < -0.39 is 59.6 Å². The lowest BCUT2D eigenvalue weighted by Crippen LogP contribution is -2.59. The molecular formula is C39H47N3O7. The van der Waals surface area contributed by atoms with Crippen LogP contribution in [0, 0.1) is 11.8 Å². The van der Waals surface area contributed by atoms with E-state index in [2.05, 4.69) is 12.2 Å². The third-order valence-electron chi connectivity index (χ3n) is 10.3. The number of rotatable bonds is 9. The topological polar surface area (TPSA) is 125 Å². The highest BCUT2D eigenvalue weighted by Gasteiger charge is 2.74. The highest BCUT2D eigenvalue weighted by molar-refractivity contribution is 5.99. The van der Waals surface area contributed by atoms with Crippen molar-refractivity contribution in [3.05, 3.63) is 96.1 Å². The number of aliphatic hydroxyl groups excluding tert-OH is 1. The van der Waals surface area contributed by atoms with Gasteiger partial charge in [-0.15, -0.1) is 0 Å². The van der Waals surface area contributed by atoms with Gasteiger partial charge in [-0.2, -0.15) is 0 Å². The first kappa shape index (κ1) is 34.6. The van der Waals surface area contributed by atoms with Gasteiger partial charge >= 0.3 is 5.97 Å². The van der Waals surface area contributed by atoms with Gasteiger partial charge in [0.25, 0.3) is 0 Å². The van der Waals surface area contributed by atoms with Gasteiger partial charge in [0.15, 0.2) is 0 Å². The number of carbonyl (C=O) groups excluding carboxylic acids is 4. The number of likely N-dealkylation sites (tertiary alicyclic amines) is 1.